The van der Waals surface area contributed by atoms with Crippen LogP contribution in [0.25, 0.3) is 10.9 Å². The lowest BCUT2D eigenvalue weighted by molar-refractivity contribution is -0.137. The number of H-pyrrole nitrogens is 1. The van der Waals surface area contributed by atoms with Crippen molar-refractivity contribution in [2.75, 3.05) is 6.61 Å². The number of aliphatic hydroxyl groups is 1. The highest BCUT2D eigenvalue weighted by Crippen LogP contribution is 2.21. The van der Waals surface area contributed by atoms with Crippen molar-refractivity contribution in [3.05, 3.63) is 47.4 Å². The summed E-state index contributed by atoms with van der Waals surface area (Å²) < 4.78 is 4.62. The minimum absolute atomic E-state index is 0.186. The number of nitrogens with one attached hydrogen (secondary N) is 1. The smallest absolute Gasteiger partial charge is 0.345 e. The van der Waals surface area contributed by atoms with Gasteiger partial charge in [0.15, 0.2) is 5.78 Å². The molecule has 1 aromatic heterocycles. The van der Waals surface area contributed by atoms with Crippen molar-refractivity contribution in [2.24, 2.45) is 0 Å². The zero-order valence-corrected chi connectivity index (χ0v) is 11.4. The van der Waals surface area contributed by atoms with Gasteiger partial charge in [0.25, 0.3) is 0 Å². The maximum Gasteiger partial charge on any atom is 0.345 e. The lowest BCUT2D eigenvalue weighted by atomic mass is 10.0. The molecule has 1 aliphatic rings. The number of aryl methyl sites for hydroxylation is 1. The first-order valence-electron chi connectivity index (χ1n) is 6.84. The van der Waals surface area contributed by atoms with Crippen LogP contribution >= 0.6 is 0 Å². The van der Waals surface area contributed by atoms with Gasteiger partial charge in [-0.15, -0.1) is 0 Å². The molecule has 108 valence electrons. The summed E-state index contributed by atoms with van der Waals surface area (Å²) in [7, 11) is 0. The van der Waals surface area contributed by atoms with Gasteiger partial charge in [-0.25, -0.2) is 4.79 Å². The monoisotopic (exact) mass is 285 g/mol. The molecule has 1 aromatic carbocycles. The van der Waals surface area contributed by atoms with Gasteiger partial charge in [0.1, 0.15) is 17.9 Å². The van der Waals surface area contributed by atoms with Crippen LogP contribution in [-0.2, 0) is 20.7 Å². The van der Waals surface area contributed by atoms with Gasteiger partial charge in [-0.05, 0) is 24.5 Å². The van der Waals surface area contributed by atoms with Crippen molar-refractivity contribution in [1.82, 2.24) is 4.98 Å². The fourth-order valence-electron chi connectivity index (χ4n) is 2.57. The van der Waals surface area contributed by atoms with Crippen molar-refractivity contribution in [2.45, 2.75) is 19.3 Å². The third-order valence-corrected chi connectivity index (χ3v) is 3.64. The molecule has 2 N–H and O–H groups in total. The summed E-state index contributed by atoms with van der Waals surface area (Å²) in [5, 5.41) is 10.6. The van der Waals surface area contributed by atoms with Crippen LogP contribution in [0.3, 0.4) is 0 Å². The van der Waals surface area contributed by atoms with Gasteiger partial charge in [-0.1, -0.05) is 18.2 Å². The number of hydrogen-bond acceptors (Lipinski definition) is 4. The molecule has 0 radical (unpaired) electrons. The molecule has 0 fully saturated rings. The summed E-state index contributed by atoms with van der Waals surface area (Å²) in [6.07, 6.45) is 3.51. The van der Waals surface area contributed by atoms with Gasteiger partial charge in [0, 0.05) is 23.5 Å². The second kappa shape index (κ2) is 5.44. The standard InChI is InChI=1S/C16H15NO4/c18-13(15-14(19)9-21-16(15)20)7-3-4-10-8-17-12-6-2-1-5-11(10)12/h1-2,5-6,8,17,19H,3-4,7,9H2. The van der Waals surface area contributed by atoms with E-state index >= 15 is 0 Å². The quantitative estimate of drug-likeness (QED) is 0.653. The van der Waals surface area contributed by atoms with Gasteiger partial charge in [-0.3, -0.25) is 4.79 Å². The number of aromatic amines is 1. The third-order valence-electron chi connectivity index (χ3n) is 3.64. The van der Waals surface area contributed by atoms with E-state index in [4.69, 9.17) is 0 Å². The van der Waals surface area contributed by atoms with Crippen LogP contribution in [0.4, 0.5) is 0 Å². The minimum Gasteiger partial charge on any atom is -0.508 e. The molecule has 0 spiro atoms. The number of Topliss-reactive ketones (excluding diaryl/α,β-unsaturated/α-hetero) is 1. The highest BCUT2D eigenvalue weighted by Gasteiger charge is 2.30. The first-order valence-corrected chi connectivity index (χ1v) is 6.84. The number of carbonyl (C=O) groups is 2. The normalized spacial score (nSPS) is 14.8. The van der Waals surface area contributed by atoms with E-state index < -0.39 is 5.97 Å². The van der Waals surface area contributed by atoms with Crippen LogP contribution < -0.4 is 0 Å². The fourth-order valence-corrected chi connectivity index (χ4v) is 2.57. The summed E-state index contributed by atoms with van der Waals surface area (Å²) in [6.45, 7) is -0.192. The zero-order chi connectivity index (χ0) is 14.8. The van der Waals surface area contributed by atoms with E-state index in [-0.39, 0.29) is 30.1 Å². The predicted octanol–water partition coefficient (Wildman–Crippen LogP) is 2.43. The van der Waals surface area contributed by atoms with Crippen molar-refractivity contribution in [1.29, 1.82) is 0 Å². The Morgan fingerprint density at radius 1 is 1.33 bits per heavy atom. The Labute approximate surface area is 121 Å². The molecular formula is C16H15NO4. The minimum atomic E-state index is -0.718. The molecule has 21 heavy (non-hydrogen) atoms. The SMILES string of the molecule is O=C(CCCc1c[nH]c2ccccc12)C1=C(O)COC1=O. The maximum absolute atomic E-state index is 11.9. The molecule has 2 heterocycles. The van der Waals surface area contributed by atoms with Crippen molar-refractivity contribution >= 4 is 22.7 Å². The second-order valence-electron chi connectivity index (χ2n) is 5.03. The van der Waals surface area contributed by atoms with E-state index in [2.05, 4.69) is 9.72 Å². The van der Waals surface area contributed by atoms with E-state index in [1.54, 1.807) is 0 Å². The number of aromatic nitrogens is 1. The van der Waals surface area contributed by atoms with Gasteiger partial charge >= 0.3 is 5.97 Å². The number of ketones is 1. The largest absolute Gasteiger partial charge is 0.508 e. The number of hydrogen-bond donors (Lipinski definition) is 2. The summed E-state index contributed by atoms with van der Waals surface area (Å²) in [5.41, 5.74) is 2.03. The van der Waals surface area contributed by atoms with E-state index in [0.717, 1.165) is 22.9 Å². The molecule has 1 aliphatic heterocycles. The van der Waals surface area contributed by atoms with Crippen molar-refractivity contribution < 1.29 is 19.4 Å². The fraction of sp³-hybridized carbons (Fsp3) is 0.250. The Balaban J connectivity index is 1.63. The average molecular weight is 285 g/mol. The molecule has 0 unspecified atom stereocenters. The molecule has 5 heteroatoms. The Morgan fingerprint density at radius 2 is 2.14 bits per heavy atom. The van der Waals surface area contributed by atoms with Crippen LogP contribution in [-0.4, -0.2) is 28.4 Å². The Kier molecular flexibility index (Phi) is 3.48. The molecule has 0 aliphatic carbocycles. The van der Waals surface area contributed by atoms with Gasteiger partial charge < -0.3 is 14.8 Å². The third kappa shape index (κ3) is 2.54. The van der Waals surface area contributed by atoms with Crippen LogP contribution in [0.15, 0.2) is 41.8 Å². The Morgan fingerprint density at radius 3 is 2.90 bits per heavy atom. The van der Waals surface area contributed by atoms with Gasteiger partial charge in [0.05, 0.1) is 0 Å². The summed E-state index contributed by atoms with van der Waals surface area (Å²) in [4.78, 5) is 26.4. The van der Waals surface area contributed by atoms with E-state index in [9.17, 15) is 14.7 Å². The molecule has 0 amide bonds. The molecule has 0 atom stereocenters. The predicted molar refractivity (Wildman–Crippen MR) is 76.9 cm³/mol. The van der Waals surface area contributed by atoms with Crippen LogP contribution in [0.1, 0.15) is 18.4 Å². The van der Waals surface area contributed by atoms with E-state index in [1.807, 2.05) is 30.5 Å². The summed E-state index contributed by atoms with van der Waals surface area (Å²) in [6, 6.07) is 7.97. The number of aliphatic hydroxyl groups excluding tert-OH is 1. The lowest BCUT2D eigenvalue weighted by Crippen LogP contribution is -2.11. The topological polar surface area (TPSA) is 79.4 Å². The number of esters is 1. The van der Waals surface area contributed by atoms with Gasteiger partial charge in [-0.2, -0.15) is 0 Å². The number of rotatable bonds is 5. The number of para-hydroxylation sites is 1. The Bertz CT molecular complexity index is 742. The zero-order valence-electron chi connectivity index (χ0n) is 11.4. The number of benzene rings is 1. The number of carbonyl (C=O) groups excluding carboxylic acids is 2. The van der Waals surface area contributed by atoms with Crippen LogP contribution in [0, 0.1) is 0 Å². The number of ether oxygens (including phenoxy) is 1. The average Bonchev–Trinajstić information content (AvgIpc) is 3.03. The first-order chi connectivity index (χ1) is 10.2. The molecule has 0 saturated carbocycles. The lowest BCUT2D eigenvalue weighted by Gasteiger charge is -2.01. The van der Waals surface area contributed by atoms with Crippen LogP contribution in [0.2, 0.25) is 0 Å². The molecule has 0 bridgehead atoms. The van der Waals surface area contributed by atoms with E-state index in [1.165, 1.54) is 0 Å². The highest BCUT2D eigenvalue weighted by atomic mass is 16.5. The Hall–Kier alpha value is -2.56. The van der Waals surface area contributed by atoms with Gasteiger partial charge in [0.2, 0.25) is 0 Å². The molecule has 3 rings (SSSR count). The summed E-state index contributed by atoms with van der Waals surface area (Å²) >= 11 is 0. The second-order valence-corrected chi connectivity index (χ2v) is 5.03. The number of cyclic esters (lactones) is 1. The van der Waals surface area contributed by atoms with Crippen molar-refractivity contribution in [3.8, 4) is 0 Å². The van der Waals surface area contributed by atoms with Crippen LogP contribution in [0.5, 0.6) is 0 Å². The first kappa shape index (κ1) is 13.4. The maximum atomic E-state index is 11.9. The molecule has 2 aromatic rings. The van der Waals surface area contributed by atoms with Crippen molar-refractivity contribution in [3.63, 3.8) is 0 Å². The van der Waals surface area contributed by atoms with E-state index in [0.29, 0.717) is 6.42 Å². The number of fused-ring (bicyclic) bond motifs is 1. The summed E-state index contributed by atoms with van der Waals surface area (Å²) in [5.74, 6) is -1.32. The molecular weight excluding hydrogens is 270 g/mol. The highest BCUT2D eigenvalue weighted by molar-refractivity contribution is 6.18. The molecule has 0 saturated heterocycles. The molecule has 5 nitrogen and oxygen atoms in total.